The Labute approximate surface area is 162 Å². The molecule has 0 unspecified atom stereocenters. The lowest BCUT2D eigenvalue weighted by atomic mass is 10.1. The molecule has 1 aromatic heterocycles. The molecule has 0 fully saturated rings. The largest absolute Gasteiger partial charge is 0.465 e. The van der Waals surface area contributed by atoms with E-state index in [0.29, 0.717) is 21.6 Å². The molecular formula is C21H21BrN2O2. The van der Waals surface area contributed by atoms with Gasteiger partial charge in [-0.2, -0.15) is 0 Å². The normalized spacial score (nSPS) is 10.6. The van der Waals surface area contributed by atoms with Crippen molar-refractivity contribution in [2.45, 2.75) is 20.4 Å². The third kappa shape index (κ3) is 3.83. The first-order valence-electron chi connectivity index (χ1n) is 8.38. The van der Waals surface area contributed by atoms with Crippen LogP contribution in [0.25, 0.3) is 0 Å². The zero-order chi connectivity index (χ0) is 18.7. The number of nitrogens with zero attached hydrogens (tertiary/aromatic N) is 1. The van der Waals surface area contributed by atoms with Gasteiger partial charge in [-0.3, -0.25) is 4.79 Å². The maximum absolute atomic E-state index is 12.8. The van der Waals surface area contributed by atoms with Crippen molar-refractivity contribution in [3.8, 4) is 0 Å². The van der Waals surface area contributed by atoms with Gasteiger partial charge in [-0.1, -0.05) is 42.5 Å². The van der Waals surface area contributed by atoms with Crippen molar-refractivity contribution in [3.63, 3.8) is 0 Å². The number of furan rings is 1. The summed E-state index contributed by atoms with van der Waals surface area (Å²) in [6.07, 6.45) is 0. The third-order valence-corrected chi connectivity index (χ3v) is 5.19. The molecule has 0 radical (unpaired) electrons. The summed E-state index contributed by atoms with van der Waals surface area (Å²) in [6.45, 7) is 4.37. The van der Waals surface area contributed by atoms with Gasteiger partial charge in [-0.15, -0.1) is 0 Å². The van der Waals surface area contributed by atoms with E-state index < -0.39 is 0 Å². The van der Waals surface area contributed by atoms with Crippen molar-refractivity contribution in [2.24, 2.45) is 0 Å². The maximum Gasteiger partial charge on any atom is 0.260 e. The number of nitrogens with one attached hydrogen (secondary N) is 1. The SMILES string of the molecule is Cc1oc(C)c(C(=O)Nc2ccccc2N(C)Cc2ccccc2)c1Br. The number of carbonyl (C=O) groups is 1. The van der Waals surface area contributed by atoms with Gasteiger partial charge in [0.2, 0.25) is 0 Å². The van der Waals surface area contributed by atoms with Gasteiger partial charge in [0.1, 0.15) is 11.5 Å². The van der Waals surface area contributed by atoms with Crippen LogP contribution in [0, 0.1) is 13.8 Å². The monoisotopic (exact) mass is 412 g/mol. The first-order chi connectivity index (χ1) is 12.5. The maximum atomic E-state index is 12.8. The Hall–Kier alpha value is -2.53. The molecule has 0 aliphatic rings. The number of hydrogen-bond acceptors (Lipinski definition) is 3. The molecule has 26 heavy (non-hydrogen) atoms. The quantitative estimate of drug-likeness (QED) is 0.597. The molecule has 0 saturated heterocycles. The number of aryl methyl sites for hydroxylation is 2. The highest BCUT2D eigenvalue weighted by Gasteiger charge is 2.21. The number of carbonyl (C=O) groups excluding carboxylic acids is 1. The highest BCUT2D eigenvalue weighted by atomic mass is 79.9. The molecule has 1 N–H and O–H groups in total. The zero-order valence-electron chi connectivity index (χ0n) is 15.0. The Morgan fingerprint density at radius 3 is 2.35 bits per heavy atom. The van der Waals surface area contributed by atoms with Crippen LogP contribution in [0.15, 0.2) is 63.5 Å². The molecular weight excluding hydrogens is 392 g/mol. The van der Waals surface area contributed by atoms with Gasteiger partial charge in [-0.25, -0.2) is 0 Å². The van der Waals surface area contributed by atoms with E-state index in [-0.39, 0.29) is 5.91 Å². The molecule has 1 heterocycles. The summed E-state index contributed by atoms with van der Waals surface area (Å²) in [7, 11) is 2.02. The smallest absolute Gasteiger partial charge is 0.260 e. The molecule has 0 atom stereocenters. The number of rotatable bonds is 5. The molecule has 134 valence electrons. The van der Waals surface area contributed by atoms with Crippen molar-refractivity contribution in [1.82, 2.24) is 0 Å². The molecule has 4 nitrogen and oxygen atoms in total. The van der Waals surface area contributed by atoms with Crippen LogP contribution < -0.4 is 10.2 Å². The first kappa shape index (κ1) is 18.3. The average Bonchev–Trinajstić information content (AvgIpc) is 2.88. The standard InChI is InChI=1S/C21H21BrN2O2/c1-14-19(20(22)15(2)26-14)21(25)23-17-11-7-8-12-18(17)24(3)13-16-9-5-4-6-10-16/h4-12H,13H2,1-3H3,(H,23,25). The second kappa shape index (κ2) is 7.79. The minimum absolute atomic E-state index is 0.188. The number of anilines is 2. The van der Waals surface area contributed by atoms with Gasteiger partial charge >= 0.3 is 0 Å². The number of amides is 1. The van der Waals surface area contributed by atoms with Crippen molar-refractivity contribution < 1.29 is 9.21 Å². The van der Waals surface area contributed by atoms with Gasteiger partial charge in [-0.05, 0) is 47.5 Å². The Balaban J connectivity index is 1.84. The molecule has 3 aromatic rings. The fourth-order valence-corrected chi connectivity index (χ4v) is 3.50. The van der Waals surface area contributed by atoms with Crippen LogP contribution in [0.4, 0.5) is 11.4 Å². The fourth-order valence-electron chi connectivity index (χ4n) is 2.96. The number of para-hydroxylation sites is 2. The van der Waals surface area contributed by atoms with Gasteiger partial charge in [0.15, 0.2) is 0 Å². The Kier molecular flexibility index (Phi) is 5.47. The Morgan fingerprint density at radius 1 is 1.04 bits per heavy atom. The third-order valence-electron chi connectivity index (χ3n) is 4.24. The number of benzene rings is 2. The summed E-state index contributed by atoms with van der Waals surface area (Å²) in [5, 5.41) is 3.02. The van der Waals surface area contributed by atoms with Crippen LogP contribution in [0.2, 0.25) is 0 Å². The molecule has 1 amide bonds. The summed E-state index contributed by atoms with van der Waals surface area (Å²) < 4.78 is 6.24. The van der Waals surface area contributed by atoms with Crippen LogP contribution in [0.5, 0.6) is 0 Å². The number of hydrogen-bond donors (Lipinski definition) is 1. The number of halogens is 1. The lowest BCUT2D eigenvalue weighted by molar-refractivity contribution is 0.102. The fraction of sp³-hybridized carbons (Fsp3) is 0.190. The van der Waals surface area contributed by atoms with E-state index >= 15 is 0 Å². The summed E-state index contributed by atoms with van der Waals surface area (Å²) in [5.74, 6) is 1.11. The van der Waals surface area contributed by atoms with E-state index in [2.05, 4.69) is 38.3 Å². The summed E-state index contributed by atoms with van der Waals surface area (Å²) in [4.78, 5) is 14.9. The van der Waals surface area contributed by atoms with Crippen molar-refractivity contribution in [3.05, 3.63) is 81.7 Å². The first-order valence-corrected chi connectivity index (χ1v) is 9.17. The van der Waals surface area contributed by atoms with Crippen LogP contribution >= 0.6 is 15.9 Å². The van der Waals surface area contributed by atoms with Gasteiger partial charge in [0, 0.05) is 13.6 Å². The van der Waals surface area contributed by atoms with Gasteiger partial charge < -0.3 is 14.6 Å². The van der Waals surface area contributed by atoms with E-state index in [4.69, 9.17) is 4.42 Å². The van der Waals surface area contributed by atoms with Crippen molar-refractivity contribution >= 4 is 33.2 Å². The van der Waals surface area contributed by atoms with E-state index in [1.165, 1.54) is 5.56 Å². The minimum Gasteiger partial charge on any atom is -0.465 e. The second-order valence-corrected chi connectivity index (χ2v) is 7.01. The van der Waals surface area contributed by atoms with E-state index in [1.807, 2.05) is 56.4 Å². The predicted molar refractivity (Wildman–Crippen MR) is 109 cm³/mol. The van der Waals surface area contributed by atoms with E-state index in [0.717, 1.165) is 17.9 Å². The Bertz CT molecular complexity index is 919. The molecule has 5 heteroatoms. The average molecular weight is 413 g/mol. The van der Waals surface area contributed by atoms with Crippen molar-refractivity contribution in [2.75, 3.05) is 17.3 Å². The lowest BCUT2D eigenvalue weighted by Gasteiger charge is -2.22. The highest BCUT2D eigenvalue weighted by molar-refractivity contribution is 9.10. The zero-order valence-corrected chi connectivity index (χ0v) is 16.6. The molecule has 0 bridgehead atoms. The highest BCUT2D eigenvalue weighted by Crippen LogP contribution is 2.30. The van der Waals surface area contributed by atoms with Crippen LogP contribution in [-0.2, 0) is 6.54 Å². The second-order valence-electron chi connectivity index (χ2n) is 6.22. The van der Waals surface area contributed by atoms with E-state index in [1.54, 1.807) is 6.92 Å². The molecule has 0 aliphatic carbocycles. The van der Waals surface area contributed by atoms with Crippen molar-refractivity contribution in [1.29, 1.82) is 0 Å². The predicted octanol–water partition coefficient (Wildman–Crippen LogP) is 5.55. The summed E-state index contributed by atoms with van der Waals surface area (Å²) in [5.41, 5.74) is 3.46. The summed E-state index contributed by atoms with van der Waals surface area (Å²) >= 11 is 3.44. The van der Waals surface area contributed by atoms with Gasteiger partial charge in [0.05, 0.1) is 21.4 Å². The van der Waals surface area contributed by atoms with Crippen LogP contribution in [0.1, 0.15) is 27.4 Å². The van der Waals surface area contributed by atoms with Crippen LogP contribution in [-0.4, -0.2) is 13.0 Å². The van der Waals surface area contributed by atoms with Gasteiger partial charge in [0.25, 0.3) is 5.91 Å². The lowest BCUT2D eigenvalue weighted by Crippen LogP contribution is -2.20. The molecule has 0 saturated carbocycles. The molecule has 0 aliphatic heterocycles. The topological polar surface area (TPSA) is 45.5 Å². The molecule has 3 rings (SSSR count). The molecule has 0 spiro atoms. The van der Waals surface area contributed by atoms with E-state index in [9.17, 15) is 4.79 Å². The Morgan fingerprint density at radius 2 is 1.69 bits per heavy atom. The van der Waals surface area contributed by atoms with Crippen LogP contribution in [0.3, 0.4) is 0 Å². The molecule has 2 aromatic carbocycles. The minimum atomic E-state index is -0.188. The summed E-state index contributed by atoms with van der Waals surface area (Å²) in [6, 6.07) is 18.0.